The number of hydrogen-bond acceptors (Lipinski definition) is 11. The summed E-state index contributed by atoms with van der Waals surface area (Å²) in [5.74, 6) is 0.336. The Morgan fingerprint density at radius 2 is 1.29 bits per heavy atom. The minimum Gasteiger partial charge on any atom is -1.00 e. The maximum absolute atomic E-state index is 9.59. The SMILES string of the molecule is C=C[C@@H]1[C@H](O)[C@@H]2OC[C@@H](O2)[C@H]1O.C=C[C@H]1[C@H](C)[C@H]2CO[C@H](O2)[C@H]1OCc1ccccc1.I.II.O[C@@H]1[C@@H]2OC[C@@H](O2)[C@H]2O[C@@H]12.[CH-]=C.[Cl-].[Mg+2]. The summed E-state index contributed by atoms with van der Waals surface area (Å²) in [4.78, 5) is 0. The predicted molar refractivity (Wildman–Crippen MR) is 201 cm³/mol. The van der Waals surface area contributed by atoms with Crippen molar-refractivity contribution in [3.05, 3.63) is 74.4 Å². The van der Waals surface area contributed by atoms with Crippen LogP contribution in [0.4, 0.5) is 0 Å². The van der Waals surface area contributed by atoms with Crippen LogP contribution in [0.2, 0.25) is 0 Å². The zero-order chi connectivity index (χ0) is 32.7. The van der Waals surface area contributed by atoms with E-state index in [2.05, 4.69) is 82.6 Å². The van der Waals surface area contributed by atoms with Gasteiger partial charge in [-0.1, -0.05) is 49.4 Å². The zero-order valence-corrected chi connectivity index (χ0v) is 35.4. The normalized spacial score (nSPS) is 41.3. The van der Waals surface area contributed by atoms with Gasteiger partial charge in [0.05, 0.1) is 38.6 Å². The van der Waals surface area contributed by atoms with Gasteiger partial charge in [-0.2, -0.15) is 0 Å². The van der Waals surface area contributed by atoms with Gasteiger partial charge in [-0.05, 0) is 11.5 Å². The van der Waals surface area contributed by atoms with Gasteiger partial charge in [0.15, 0.2) is 18.9 Å². The molecule has 1 aromatic carbocycles. The van der Waals surface area contributed by atoms with Crippen LogP contribution in [0.15, 0.2) is 62.2 Å². The first-order valence-corrected chi connectivity index (χ1v) is 21.1. The van der Waals surface area contributed by atoms with Crippen LogP contribution in [-0.2, 0) is 44.5 Å². The Balaban J connectivity index is 0.000000347. The first-order valence-electron chi connectivity index (χ1n) is 14.9. The molecule has 0 saturated carbocycles. The Labute approximate surface area is 345 Å². The van der Waals surface area contributed by atoms with Gasteiger partial charge in [0.25, 0.3) is 0 Å². The van der Waals surface area contributed by atoms with Crippen molar-refractivity contribution in [3.8, 4) is 0 Å². The topological polar surface area (TPSA) is 138 Å². The van der Waals surface area contributed by atoms with E-state index in [9.17, 15) is 15.3 Å². The number of rotatable bonds is 5. The molecule has 11 nitrogen and oxygen atoms in total. The van der Waals surface area contributed by atoms with Crippen molar-refractivity contribution in [1.29, 1.82) is 0 Å². The number of ether oxygens (including phenoxy) is 8. The third-order valence-electron chi connectivity index (χ3n) is 8.86. The van der Waals surface area contributed by atoms with Crippen LogP contribution in [0.5, 0.6) is 0 Å². The first-order chi connectivity index (χ1) is 21.9. The molecule has 0 unspecified atom stereocenters. The Morgan fingerprint density at radius 3 is 1.92 bits per heavy atom. The molecule has 3 N–H and O–H groups in total. The molecule has 268 valence electrons. The molecule has 0 amide bonds. The van der Waals surface area contributed by atoms with Crippen LogP contribution in [-0.4, -0.2) is 132 Å². The molecule has 0 aliphatic carbocycles. The molecule has 8 rings (SSSR count). The van der Waals surface area contributed by atoms with Crippen molar-refractivity contribution in [2.45, 2.75) is 87.3 Å². The van der Waals surface area contributed by atoms with Gasteiger partial charge in [-0.3, -0.25) is 6.58 Å². The Hall–Kier alpha value is 1.25. The summed E-state index contributed by atoms with van der Waals surface area (Å²) in [7, 11) is 0. The van der Waals surface area contributed by atoms with Crippen LogP contribution < -0.4 is 12.4 Å². The summed E-state index contributed by atoms with van der Waals surface area (Å²) in [5, 5.41) is 28.5. The largest absolute Gasteiger partial charge is 2.00 e. The monoisotopic (exact) mass is 1040 g/mol. The van der Waals surface area contributed by atoms with Gasteiger partial charge < -0.3 is 72.2 Å². The van der Waals surface area contributed by atoms with Gasteiger partial charge in [0.1, 0.15) is 42.7 Å². The zero-order valence-electron chi connectivity index (χ0n) is 26.6. The molecule has 0 radical (unpaired) electrons. The second-order valence-electron chi connectivity index (χ2n) is 11.4. The fraction of sp³-hybridized carbons (Fsp3) is 0.625. The minimum absolute atomic E-state index is 0. The minimum atomic E-state index is -0.795. The molecule has 1 aromatic rings. The Kier molecular flexibility index (Phi) is 22.8. The number of epoxide rings is 1. The summed E-state index contributed by atoms with van der Waals surface area (Å²) < 4.78 is 43.5. The number of halogens is 4. The Morgan fingerprint density at radius 1 is 0.771 bits per heavy atom. The van der Waals surface area contributed by atoms with Gasteiger partial charge in [0.2, 0.25) is 0 Å². The average Bonchev–Trinajstić information content (AvgIpc) is 3.40. The van der Waals surface area contributed by atoms with E-state index in [0.717, 1.165) is 5.56 Å². The molecule has 0 spiro atoms. The summed E-state index contributed by atoms with van der Waals surface area (Å²) in [6.45, 7) is 18.9. The van der Waals surface area contributed by atoms with Gasteiger partial charge in [-0.25, -0.2) is 0 Å². The molecule has 7 fully saturated rings. The third-order valence-corrected chi connectivity index (χ3v) is 8.86. The molecule has 48 heavy (non-hydrogen) atoms. The smallest absolute Gasteiger partial charge is 1.00 e. The Bertz CT molecular complexity index is 1070. The van der Waals surface area contributed by atoms with Gasteiger partial charge in [0, 0.05) is 49.1 Å². The maximum Gasteiger partial charge on any atom is 2.00 e. The molecular weight excluding hydrogens is 1000 g/mol. The van der Waals surface area contributed by atoms with Gasteiger partial charge >= 0.3 is 23.1 Å². The van der Waals surface area contributed by atoms with Crippen LogP contribution in [0.3, 0.4) is 0 Å². The molecule has 15 atom stereocenters. The van der Waals surface area contributed by atoms with Crippen molar-refractivity contribution in [1.82, 2.24) is 0 Å². The van der Waals surface area contributed by atoms with E-state index in [1.54, 1.807) is 6.08 Å². The first kappa shape index (κ1) is 47.3. The molecule has 7 aliphatic heterocycles. The van der Waals surface area contributed by atoms with Crippen LogP contribution >= 0.6 is 61.2 Å². The summed E-state index contributed by atoms with van der Waals surface area (Å²) >= 11 is 4.24. The summed E-state index contributed by atoms with van der Waals surface area (Å²) in [5.41, 5.74) is 1.16. The van der Waals surface area contributed by atoms with Gasteiger partial charge in [-0.15, -0.1) is 37.1 Å². The van der Waals surface area contributed by atoms with E-state index < -0.39 is 30.9 Å². The van der Waals surface area contributed by atoms with Crippen molar-refractivity contribution >= 4 is 84.3 Å². The van der Waals surface area contributed by atoms with Crippen LogP contribution in [0, 0.1) is 24.3 Å². The van der Waals surface area contributed by atoms with E-state index in [1.165, 1.54) is 0 Å². The van der Waals surface area contributed by atoms with E-state index in [1.807, 2.05) is 24.3 Å². The fourth-order valence-electron chi connectivity index (χ4n) is 6.29. The number of hydrogen-bond donors (Lipinski definition) is 3. The second kappa shape index (κ2) is 23.1. The molecular formula is C32H44ClI3MgO11. The molecule has 0 aromatic heterocycles. The van der Waals surface area contributed by atoms with E-state index in [-0.39, 0.29) is 114 Å². The molecule has 7 aliphatic rings. The van der Waals surface area contributed by atoms with Crippen LogP contribution in [0.1, 0.15) is 12.5 Å². The summed E-state index contributed by atoms with van der Waals surface area (Å²) in [6.07, 6.45) is 0.222. The van der Waals surface area contributed by atoms with Crippen molar-refractivity contribution in [2.24, 2.45) is 17.8 Å². The quantitative estimate of drug-likeness (QED) is 0.125. The number of aliphatic hydroxyl groups is 3. The molecule has 7 saturated heterocycles. The van der Waals surface area contributed by atoms with Crippen molar-refractivity contribution in [3.63, 3.8) is 0 Å². The van der Waals surface area contributed by atoms with Crippen molar-refractivity contribution < 1.29 is 65.6 Å². The summed E-state index contributed by atoms with van der Waals surface area (Å²) in [6, 6.07) is 10.2. The predicted octanol–water partition coefficient (Wildman–Crippen LogP) is 0.518. The van der Waals surface area contributed by atoms with E-state index in [0.29, 0.717) is 32.3 Å². The molecule has 6 bridgehead atoms. The fourth-order valence-corrected chi connectivity index (χ4v) is 6.29. The van der Waals surface area contributed by atoms with E-state index in [4.69, 9.17) is 37.9 Å². The van der Waals surface area contributed by atoms with Crippen LogP contribution in [0.25, 0.3) is 0 Å². The number of aliphatic hydroxyl groups excluding tert-OH is 3. The van der Waals surface area contributed by atoms with Crippen molar-refractivity contribution in [2.75, 3.05) is 19.8 Å². The third kappa shape index (κ3) is 11.1. The maximum atomic E-state index is 9.59. The molecule has 16 heteroatoms. The average molecular weight is 1050 g/mol. The standard InChI is InChI=1S/C16H20O3.C8H12O4.C6H8O4.C2H3.ClH.I2.HI.Mg/c1-3-13-11(2)14-10-18-16(19-14)15(13)17-9-12-7-5-4-6-8-12;1-2-4-6(9)5-3-11-8(12-5)7(4)10;7-3-5-4(10-5)2-1-8-6(3)9-2;1-2;;1-2;;/h3-8,11,13-16H,1,9-10H2,2H3;2,4-10H,1,3H2;2-7H,1H2;1H,2H2;1H;;1H;/q;;;-1;;;;+2/p-1/t11-,13-,14+,15-,16+;4-,5+,6-,7-,8+;2-,3+,4-,5+,6-;;;;;/m001...../s1. The molecule has 7 heterocycles. The second-order valence-corrected chi connectivity index (χ2v) is 11.4. The number of fused-ring (bicyclic) bond motifs is 8. The number of benzene rings is 1. The van der Waals surface area contributed by atoms with E-state index >= 15 is 0 Å².